The second-order valence-electron chi connectivity index (χ2n) is 16.9. The first kappa shape index (κ1) is 35.1. The van der Waals surface area contributed by atoms with Crippen LogP contribution in [0.1, 0.15) is 86.0 Å². The first-order valence-electron chi connectivity index (χ1n) is 17.8. The van der Waals surface area contributed by atoms with Gasteiger partial charge in [0.1, 0.15) is 23.4 Å². The summed E-state index contributed by atoms with van der Waals surface area (Å²) in [5.41, 5.74) is 3.70. The number of nitrogens with two attached hydrogens (primary N) is 1. The number of rotatable bonds is 12. The second-order valence-corrected chi connectivity index (χ2v) is 16.9. The Morgan fingerprint density at radius 2 is 1.76 bits per heavy atom. The molecule has 0 aromatic carbocycles. The van der Waals surface area contributed by atoms with Gasteiger partial charge in [0.15, 0.2) is 0 Å². The van der Waals surface area contributed by atoms with Gasteiger partial charge >= 0.3 is 6.03 Å². The minimum atomic E-state index is -1.08. The number of nitrogens with zero attached hydrogens (tertiary/aromatic N) is 2. The van der Waals surface area contributed by atoms with Gasteiger partial charge in [-0.1, -0.05) is 66.4 Å². The molecular formula is C36H53N7O6. The van der Waals surface area contributed by atoms with Gasteiger partial charge in [-0.05, 0) is 60.0 Å². The summed E-state index contributed by atoms with van der Waals surface area (Å²) >= 11 is 0. The lowest BCUT2D eigenvalue weighted by Crippen LogP contribution is -2.69. The number of aromatic nitrogens is 1. The van der Waals surface area contributed by atoms with Crippen LogP contribution in [0.4, 0.5) is 10.6 Å². The fraction of sp³-hybridized carbons (Fsp3) is 0.722. The predicted molar refractivity (Wildman–Crippen MR) is 182 cm³/mol. The zero-order valence-electron chi connectivity index (χ0n) is 29.5. The van der Waals surface area contributed by atoms with Crippen LogP contribution >= 0.6 is 0 Å². The minimum absolute atomic E-state index is 0.0428. The molecule has 0 radical (unpaired) electrons. The number of ether oxygens (including phenoxy) is 1. The van der Waals surface area contributed by atoms with E-state index in [1.165, 1.54) is 0 Å². The van der Waals surface area contributed by atoms with Gasteiger partial charge in [-0.3, -0.25) is 19.2 Å². The smallest absolute Gasteiger partial charge is 0.316 e. The van der Waals surface area contributed by atoms with E-state index in [0.717, 1.165) is 38.5 Å². The van der Waals surface area contributed by atoms with E-state index in [2.05, 4.69) is 40.1 Å². The van der Waals surface area contributed by atoms with Gasteiger partial charge in [0.2, 0.25) is 17.6 Å². The Kier molecular flexibility index (Phi) is 8.99. The number of primary amides is 1. The molecule has 2 spiro atoms. The molecule has 1 unspecified atom stereocenters. The Labute approximate surface area is 288 Å². The van der Waals surface area contributed by atoms with Crippen LogP contribution in [0.5, 0.6) is 0 Å². The summed E-state index contributed by atoms with van der Waals surface area (Å²) in [4.78, 5) is 73.3. The largest absolute Gasteiger partial charge is 0.376 e. The Morgan fingerprint density at radius 3 is 2.24 bits per heavy atom. The number of carbonyl (C=O) groups is 5. The zero-order chi connectivity index (χ0) is 35.4. The van der Waals surface area contributed by atoms with E-state index in [9.17, 15) is 24.0 Å². The fourth-order valence-corrected chi connectivity index (χ4v) is 9.31. The van der Waals surface area contributed by atoms with Gasteiger partial charge in [-0.25, -0.2) is 9.78 Å². The molecule has 268 valence electrons. The molecule has 2 saturated heterocycles. The summed E-state index contributed by atoms with van der Waals surface area (Å²) in [5.74, 6) is -1.79. The number of likely N-dealkylation sites (tertiary alicyclic amines) is 1. The normalized spacial score (nSPS) is 27.1. The van der Waals surface area contributed by atoms with E-state index in [1.54, 1.807) is 11.1 Å². The highest BCUT2D eigenvalue weighted by atomic mass is 16.5. The molecule has 3 aliphatic carbocycles. The quantitative estimate of drug-likeness (QED) is 0.209. The van der Waals surface area contributed by atoms with Gasteiger partial charge in [0, 0.05) is 24.7 Å². The minimum Gasteiger partial charge on any atom is -0.376 e. The number of ketones is 1. The van der Waals surface area contributed by atoms with Crippen molar-refractivity contribution in [2.45, 2.75) is 110 Å². The maximum atomic E-state index is 14.7. The highest BCUT2D eigenvalue weighted by Gasteiger charge is 2.85. The SMILES string of the molecule is CC(C)(C)[C@H](NC(=O)NC1(CNc2ccccn2)COC1)C(=O)N1C[C@]2(C[C@H]1C(=O)NC(CC1CCC1)C(=O)C(N)=O)C(C)(C)C21CCC1. The molecule has 5 fully saturated rings. The number of nitrogens with one attached hydrogen (secondary N) is 4. The van der Waals surface area contributed by atoms with Crippen LogP contribution in [-0.2, 0) is 23.9 Å². The van der Waals surface area contributed by atoms with Crippen LogP contribution < -0.4 is 27.0 Å². The monoisotopic (exact) mass is 679 g/mol. The van der Waals surface area contributed by atoms with Gasteiger partial charge < -0.3 is 36.6 Å². The van der Waals surface area contributed by atoms with E-state index in [0.29, 0.717) is 45.0 Å². The summed E-state index contributed by atoms with van der Waals surface area (Å²) in [6.07, 6.45) is 8.59. The van der Waals surface area contributed by atoms with Crippen molar-refractivity contribution in [3.8, 4) is 0 Å². The molecule has 2 aliphatic heterocycles. The number of Topliss-reactive ketones (excluding diaryl/α,β-unsaturated/α-hetero) is 1. The van der Waals surface area contributed by atoms with Gasteiger partial charge in [-0.15, -0.1) is 0 Å². The number of pyridine rings is 1. The van der Waals surface area contributed by atoms with Crippen LogP contribution in [-0.4, -0.2) is 89.4 Å². The summed E-state index contributed by atoms with van der Waals surface area (Å²) in [7, 11) is 0. The molecule has 3 saturated carbocycles. The lowest BCUT2D eigenvalue weighted by Gasteiger charge is -2.43. The van der Waals surface area contributed by atoms with Crippen LogP contribution in [0, 0.1) is 27.6 Å². The molecule has 1 aromatic heterocycles. The highest BCUT2D eigenvalue weighted by molar-refractivity contribution is 6.37. The van der Waals surface area contributed by atoms with Gasteiger partial charge in [0.25, 0.3) is 5.91 Å². The Balaban J connectivity index is 1.21. The molecule has 3 heterocycles. The molecule has 6 N–H and O–H groups in total. The average molecular weight is 680 g/mol. The number of hydrogen-bond donors (Lipinski definition) is 5. The number of urea groups is 1. The first-order valence-corrected chi connectivity index (χ1v) is 17.8. The van der Waals surface area contributed by atoms with Gasteiger partial charge in [0.05, 0.1) is 19.3 Å². The number of anilines is 1. The number of carbonyl (C=O) groups excluding carboxylic acids is 5. The molecule has 5 aliphatic rings. The number of fused-ring (bicyclic) bond motifs is 1. The summed E-state index contributed by atoms with van der Waals surface area (Å²) < 4.78 is 5.48. The second kappa shape index (κ2) is 12.5. The third-order valence-electron chi connectivity index (χ3n) is 12.9. The van der Waals surface area contributed by atoms with Crippen LogP contribution in [0.2, 0.25) is 0 Å². The third-order valence-corrected chi connectivity index (χ3v) is 12.9. The molecule has 0 bridgehead atoms. The predicted octanol–water partition coefficient (Wildman–Crippen LogP) is 2.50. The maximum absolute atomic E-state index is 14.7. The number of amides is 5. The molecule has 5 amide bonds. The molecule has 1 aromatic rings. The van der Waals surface area contributed by atoms with Crippen molar-refractivity contribution in [1.29, 1.82) is 0 Å². The standard InChI is InChI=1S/C36H53N7O6/c1-32(2,3)27(41-31(48)42-34(20-49-21-34)18-39-25-12-6-7-15-38-25)30(47)43-19-36(33(4,5)35(36)13-9-14-35)17-24(43)29(46)40-23(26(44)28(37)45)16-22-10-8-11-22/h6-7,12,15,22-24,27H,8-11,13-14,16-21H2,1-5H3,(H2,37,45)(H,38,39)(H,40,46)(H2,41,42,48)/t23?,24-,27+,36+/m0/s1. The lowest BCUT2D eigenvalue weighted by atomic mass is 9.73. The molecule has 49 heavy (non-hydrogen) atoms. The summed E-state index contributed by atoms with van der Waals surface area (Å²) in [6.45, 7) is 11.5. The van der Waals surface area contributed by atoms with Crippen molar-refractivity contribution in [1.82, 2.24) is 25.8 Å². The summed E-state index contributed by atoms with van der Waals surface area (Å²) in [6, 6.07) is 2.17. The van der Waals surface area contributed by atoms with Crippen molar-refractivity contribution in [3.05, 3.63) is 24.4 Å². The highest BCUT2D eigenvalue weighted by Crippen LogP contribution is 2.88. The van der Waals surface area contributed by atoms with Crippen LogP contribution in [0.3, 0.4) is 0 Å². The van der Waals surface area contributed by atoms with E-state index in [1.807, 2.05) is 39.0 Å². The third kappa shape index (κ3) is 6.05. The molecular weight excluding hydrogens is 626 g/mol. The fourth-order valence-electron chi connectivity index (χ4n) is 9.31. The van der Waals surface area contributed by atoms with Crippen molar-refractivity contribution in [2.24, 2.45) is 33.3 Å². The maximum Gasteiger partial charge on any atom is 0.316 e. The van der Waals surface area contributed by atoms with Crippen LogP contribution in [0.25, 0.3) is 0 Å². The average Bonchev–Trinajstić information content (AvgIpc) is 3.21. The van der Waals surface area contributed by atoms with Crippen molar-refractivity contribution in [3.63, 3.8) is 0 Å². The summed E-state index contributed by atoms with van der Waals surface area (Å²) in [5, 5.41) is 12.1. The Morgan fingerprint density at radius 1 is 1.04 bits per heavy atom. The van der Waals surface area contributed by atoms with E-state index in [-0.39, 0.29) is 28.1 Å². The van der Waals surface area contributed by atoms with Gasteiger partial charge in [-0.2, -0.15) is 0 Å². The Bertz CT molecular complexity index is 1480. The van der Waals surface area contributed by atoms with Crippen molar-refractivity contribution < 1.29 is 28.7 Å². The molecule has 13 nitrogen and oxygen atoms in total. The lowest BCUT2D eigenvalue weighted by molar-refractivity contribution is -0.143. The first-order chi connectivity index (χ1) is 23.0. The van der Waals surface area contributed by atoms with Crippen molar-refractivity contribution >= 4 is 35.4 Å². The molecule has 13 heteroatoms. The number of hydrogen-bond acceptors (Lipinski definition) is 8. The van der Waals surface area contributed by atoms with E-state index in [4.69, 9.17) is 10.5 Å². The Hall–Kier alpha value is -3.74. The van der Waals surface area contributed by atoms with Crippen molar-refractivity contribution in [2.75, 3.05) is 31.6 Å². The zero-order valence-corrected chi connectivity index (χ0v) is 29.5. The van der Waals surface area contributed by atoms with E-state index >= 15 is 0 Å². The topological polar surface area (TPSA) is 185 Å². The van der Waals surface area contributed by atoms with E-state index < -0.39 is 52.7 Å². The molecule has 6 rings (SSSR count). The van der Waals surface area contributed by atoms with Crippen LogP contribution in [0.15, 0.2) is 24.4 Å². The molecule has 4 atom stereocenters.